The van der Waals surface area contributed by atoms with Crippen LogP contribution in [0, 0.1) is 5.92 Å². The van der Waals surface area contributed by atoms with E-state index in [1.54, 1.807) is 13.0 Å². The summed E-state index contributed by atoms with van der Waals surface area (Å²) in [4.78, 5) is 23.2. The van der Waals surface area contributed by atoms with Gasteiger partial charge in [-0.2, -0.15) is 0 Å². The van der Waals surface area contributed by atoms with Crippen molar-refractivity contribution in [2.24, 2.45) is 5.92 Å². The van der Waals surface area contributed by atoms with E-state index in [1.807, 2.05) is 0 Å². The fraction of sp³-hybridized carbons (Fsp3) is 0.429. The number of β-lactam (4-membered cyclic amide) rings is 1. The third-order valence-corrected chi connectivity index (χ3v) is 2.00. The van der Waals surface area contributed by atoms with E-state index in [4.69, 9.17) is 0 Å². The van der Waals surface area contributed by atoms with Crippen LogP contribution < -0.4 is 0 Å². The van der Waals surface area contributed by atoms with Crippen LogP contribution >= 0.6 is 0 Å². The van der Waals surface area contributed by atoms with Crippen molar-refractivity contribution in [3.63, 3.8) is 0 Å². The number of nitrogens with zero attached hydrogens (tertiary/aromatic N) is 1. The van der Waals surface area contributed by atoms with Crippen molar-refractivity contribution in [2.45, 2.75) is 6.92 Å². The smallest absolute Gasteiger partial charge is 0.255 e. The Labute approximate surface area is 58.3 Å². The monoisotopic (exact) mass is 137 g/mol. The minimum atomic E-state index is -0.118. The molecular weight excluding hydrogens is 130 g/mol. The number of rotatable bonds is 0. The Morgan fingerprint density at radius 1 is 1.60 bits per heavy atom. The molecule has 3 aliphatic heterocycles. The molecule has 3 heteroatoms. The Morgan fingerprint density at radius 2 is 2.30 bits per heavy atom. The Hall–Kier alpha value is -1.12. The first-order valence-corrected chi connectivity index (χ1v) is 3.24. The molecule has 3 nitrogen and oxygen atoms in total. The van der Waals surface area contributed by atoms with Gasteiger partial charge in [-0.1, -0.05) is 6.08 Å². The van der Waals surface area contributed by atoms with Crippen molar-refractivity contribution in [3.05, 3.63) is 11.6 Å². The van der Waals surface area contributed by atoms with E-state index in [1.165, 1.54) is 4.90 Å². The lowest BCUT2D eigenvalue weighted by molar-refractivity contribution is -0.156. The molecular formula is C7H7NO2. The molecule has 2 amide bonds. The van der Waals surface area contributed by atoms with E-state index in [9.17, 15) is 9.59 Å². The summed E-state index contributed by atoms with van der Waals surface area (Å²) in [7, 11) is 0. The van der Waals surface area contributed by atoms with Crippen molar-refractivity contribution in [3.8, 4) is 0 Å². The van der Waals surface area contributed by atoms with Crippen LogP contribution in [0.2, 0.25) is 0 Å². The first-order valence-electron chi connectivity index (χ1n) is 3.24. The zero-order valence-corrected chi connectivity index (χ0v) is 5.63. The minimum absolute atomic E-state index is 0.0118. The van der Waals surface area contributed by atoms with Crippen molar-refractivity contribution in [1.82, 2.24) is 4.90 Å². The SMILES string of the molecule is CC1=CC2CN(C1=O)C2=O. The van der Waals surface area contributed by atoms with E-state index >= 15 is 0 Å². The predicted octanol–water partition coefficient (Wildman–Crippen LogP) is -0.0687. The highest BCUT2D eigenvalue weighted by atomic mass is 16.2. The lowest BCUT2D eigenvalue weighted by Crippen LogP contribution is -2.57. The van der Waals surface area contributed by atoms with E-state index < -0.39 is 0 Å². The Kier molecular flexibility index (Phi) is 0.836. The van der Waals surface area contributed by atoms with Gasteiger partial charge in [0.25, 0.3) is 5.91 Å². The molecule has 0 aromatic carbocycles. The molecule has 2 bridgehead atoms. The van der Waals surface area contributed by atoms with E-state index in [0.717, 1.165) is 0 Å². The molecule has 1 fully saturated rings. The van der Waals surface area contributed by atoms with Crippen LogP contribution in [0.25, 0.3) is 0 Å². The third kappa shape index (κ3) is 0.454. The summed E-state index contributed by atoms with van der Waals surface area (Å²) in [6.07, 6.45) is 1.75. The van der Waals surface area contributed by atoms with E-state index in [0.29, 0.717) is 12.1 Å². The molecule has 1 saturated heterocycles. The lowest BCUT2D eigenvalue weighted by Gasteiger charge is -2.39. The molecule has 0 N–H and O–H groups in total. The van der Waals surface area contributed by atoms with Crippen LogP contribution in [0.3, 0.4) is 0 Å². The third-order valence-electron chi connectivity index (χ3n) is 2.00. The largest absolute Gasteiger partial charge is 0.277 e. The molecule has 0 aromatic rings. The second-order valence-corrected chi connectivity index (χ2v) is 2.71. The number of hydrogen-bond acceptors (Lipinski definition) is 2. The minimum Gasteiger partial charge on any atom is -0.277 e. The van der Waals surface area contributed by atoms with Crippen LogP contribution in [0.5, 0.6) is 0 Å². The lowest BCUT2D eigenvalue weighted by atomic mass is 9.90. The number of carbonyl (C=O) groups excluding carboxylic acids is 2. The van der Waals surface area contributed by atoms with Gasteiger partial charge in [0.1, 0.15) is 0 Å². The fourth-order valence-electron chi connectivity index (χ4n) is 1.35. The topological polar surface area (TPSA) is 37.4 Å². The maximum Gasteiger partial charge on any atom is 0.255 e. The van der Waals surface area contributed by atoms with Gasteiger partial charge in [-0.3, -0.25) is 14.5 Å². The molecule has 0 saturated carbocycles. The van der Waals surface area contributed by atoms with Gasteiger partial charge >= 0.3 is 0 Å². The second kappa shape index (κ2) is 1.48. The van der Waals surface area contributed by atoms with Gasteiger partial charge in [-0.25, -0.2) is 0 Å². The summed E-state index contributed by atoms with van der Waals surface area (Å²) in [5, 5.41) is 0. The summed E-state index contributed by atoms with van der Waals surface area (Å²) in [6, 6.07) is 0. The van der Waals surface area contributed by atoms with E-state index in [-0.39, 0.29) is 17.7 Å². The van der Waals surface area contributed by atoms with Gasteiger partial charge in [0.2, 0.25) is 5.91 Å². The summed E-state index contributed by atoms with van der Waals surface area (Å²) >= 11 is 0. The highest BCUT2D eigenvalue weighted by Gasteiger charge is 2.43. The van der Waals surface area contributed by atoms with Gasteiger partial charge in [0, 0.05) is 12.1 Å². The van der Waals surface area contributed by atoms with Crippen molar-refractivity contribution in [2.75, 3.05) is 6.54 Å². The van der Waals surface area contributed by atoms with Crippen molar-refractivity contribution in [1.29, 1.82) is 0 Å². The zero-order chi connectivity index (χ0) is 7.30. The van der Waals surface area contributed by atoms with Crippen LogP contribution in [-0.4, -0.2) is 23.3 Å². The highest BCUT2D eigenvalue weighted by molar-refractivity contribution is 6.11. The maximum absolute atomic E-state index is 11.0. The number of carbonyl (C=O) groups is 2. The van der Waals surface area contributed by atoms with Crippen molar-refractivity contribution >= 4 is 11.8 Å². The molecule has 3 rings (SSSR count). The first-order chi connectivity index (χ1) is 4.70. The van der Waals surface area contributed by atoms with Gasteiger partial charge in [-0.05, 0) is 6.92 Å². The Bertz CT molecular complexity index is 254. The molecule has 10 heavy (non-hydrogen) atoms. The van der Waals surface area contributed by atoms with Crippen molar-refractivity contribution < 1.29 is 9.59 Å². The van der Waals surface area contributed by atoms with Gasteiger partial charge in [-0.15, -0.1) is 0 Å². The average molecular weight is 137 g/mol. The molecule has 3 aliphatic rings. The zero-order valence-electron chi connectivity index (χ0n) is 5.63. The van der Waals surface area contributed by atoms with Crippen LogP contribution in [0.1, 0.15) is 6.92 Å². The molecule has 1 unspecified atom stereocenters. The van der Waals surface area contributed by atoms with Crippen LogP contribution in [0.15, 0.2) is 11.6 Å². The van der Waals surface area contributed by atoms with Gasteiger partial charge < -0.3 is 0 Å². The molecule has 0 radical (unpaired) electrons. The van der Waals surface area contributed by atoms with Crippen LogP contribution in [0.4, 0.5) is 0 Å². The number of imide groups is 1. The van der Waals surface area contributed by atoms with Crippen LogP contribution in [-0.2, 0) is 9.59 Å². The second-order valence-electron chi connectivity index (χ2n) is 2.71. The van der Waals surface area contributed by atoms with Gasteiger partial charge in [0.15, 0.2) is 0 Å². The Morgan fingerprint density at radius 3 is 2.70 bits per heavy atom. The van der Waals surface area contributed by atoms with Gasteiger partial charge in [0.05, 0.1) is 5.92 Å². The molecule has 3 heterocycles. The summed E-state index contributed by atoms with van der Waals surface area (Å²) in [6.45, 7) is 2.35. The van der Waals surface area contributed by atoms with E-state index in [2.05, 4.69) is 0 Å². The average Bonchev–Trinajstić information content (AvgIpc) is 1.92. The summed E-state index contributed by atoms with van der Waals surface area (Å²) < 4.78 is 0. The summed E-state index contributed by atoms with van der Waals surface area (Å²) in [5.41, 5.74) is 0.704. The quantitative estimate of drug-likeness (QED) is 0.346. The highest BCUT2D eigenvalue weighted by Crippen LogP contribution is 2.27. The standard InChI is InChI=1S/C7H7NO2/c1-4-2-5-3-8(6(4)9)7(5)10/h2,5H,3H2,1H3. The first kappa shape index (κ1) is 5.65. The number of hydrogen-bond donors (Lipinski definition) is 0. The molecule has 0 spiro atoms. The molecule has 0 aromatic heterocycles. The number of amides is 2. The maximum atomic E-state index is 11.0. The molecule has 0 aliphatic carbocycles. The number of fused-ring (bicyclic) bond motifs is 1. The molecule has 52 valence electrons. The summed E-state index contributed by atoms with van der Waals surface area (Å²) in [5.74, 6) is -0.138. The molecule has 1 atom stereocenters. The predicted molar refractivity (Wildman–Crippen MR) is 34.0 cm³/mol. The normalized spacial score (nSPS) is 29.9. The Balaban J connectivity index is 2.43. The fourth-order valence-corrected chi connectivity index (χ4v) is 1.35.